The summed E-state index contributed by atoms with van der Waals surface area (Å²) in [7, 11) is 0. The molecule has 0 nitrogen and oxygen atoms in total. The zero-order valence-electron chi connectivity index (χ0n) is 12.0. The summed E-state index contributed by atoms with van der Waals surface area (Å²) in [4.78, 5) is 0. The standard InChI is InChI=1S/C16H33/c1-4-7-10-13-16(14-11-8-5-2)15-12-9-6-3/h4-15H2,1-3H3. The number of hydrogen-bond acceptors (Lipinski definition) is 0. The number of unbranched alkanes of at least 4 members (excludes halogenated alkanes) is 6. The van der Waals surface area contributed by atoms with Gasteiger partial charge in [-0.1, -0.05) is 78.6 Å². The molecule has 0 aliphatic rings. The van der Waals surface area contributed by atoms with Gasteiger partial charge in [-0.15, -0.1) is 0 Å². The van der Waals surface area contributed by atoms with Crippen LogP contribution in [0.1, 0.15) is 97.8 Å². The van der Waals surface area contributed by atoms with Crippen molar-refractivity contribution < 1.29 is 0 Å². The van der Waals surface area contributed by atoms with E-state index in [-0.39, 0.29) is 0 Å². The Bertz CT molecular complexity index is 93.4. The van der Waals surface area contributed by atoms with Crippen LogP contribution in [-0.2, 0) is 0 Å². The summed E-state index contributed by atoms with van der Waals surface area (Å²) < 4.78 is 0. The van der Waals surface area contributed by atoms with Crippen LogP contribution in [0.15, 0.2) is 0 Å². The van der Waals surface area contributed by atoms with Crippen molar-refractivity contribution >= 4 is 0 Å². The molecule has 1 radical (unpaired) electrons. The molecule has 0 heteroatoms. The molecular formula is C16H33. The lowest BCUT2D eigenvalue weighted by Crippen LogP contribution is -1.98. The van der Waals surface area contributed by atoms with Gasteiger partial charge in [-0.25, -0.2) is 0 Å². The summed E-state index contributed by atoms with van der Waals surface area (Å²) in [6.07, 6.45) is 16.9. The molecule has 0 aliphatic carbocycles. The molecular weight excluding hydrogens is 192 g/mol. The van der Waals surface area contributed by atoms with Crippen LogP contribution in [-0.4, -0.2) is 0 Å². The topological polar surface area (TPSA) is 0 Å². The van der Waals surface area contributed by atoms with E-state index in [4.69, 9.17) is 0 Å². The molecule has 0 amide bonds. The third kappa shape index (κ3) is 10.5. The van der Waals surface area contributed by atoms with Crippen molar-refractivity contribution in [2.75, 3.05) is 0 Å². The number of rotatable bonds is 12. The predicted octanol–water partition coefficient (Wildman–Crippen LogP) is 6.30. The Balaban J connectivity index is 3.58. The van der Waals surface area contributed by atoms with E-state index in [1.807, 2.05) is 5.92 Å². The van der Waals surface area contributed by atoms with Gasteiger partial charge in [0.1, 0.15) is 0 Å². The van der Waals surface area contributed by atoms with E-state index < -0.39 is 0 Å². The first-order valence-corrected chi connectivity index (χ1v) is 7.68. The van der Waals surface area contributed by atoms with Gasteiger partial charge in [-0.2, -0.15) is 0 Å². The van der Waals surface area contributed by atoms with Crippen molar-refractivity contribution in [3.63, 3.8) is 0 Å². The minimum Gasteiger partial charge on any atom is -0.0654 e. The van der Waals surface area contributed by atoms with Gasteiger partial charge in [0.2, 0.25) is 0 Å². The molecule has 0 spiro atoms. The van der Waals surface area contributed by atoms with E-state index in [1.165, 1.54) is 77.0 Å². The van der Waals surface area contributed by atoms with Crippen LogP contribution in [0.3, 0.4) is 0 Å². The van der Waals surface area contributed by atoms with Crippen molar-refractivity contribution in [3.8, 4) is 0 Å². The molecule has 0 fully saturated rings. The van der Waals surface area contributed by atoms with E-state index in [2.05, 4.69) is 20.8 Å². The van der Waals surface area contributed by atoms with Gasteiger partial charge in [0, 0.05) is 0 Å². The van der Waals surface area contributed by atoms with Crippen LogP contribution in [0.4, 0.5) is 0 Å². The van der Waals surface area contributed by atoms with Gasteiger partial charge in [0.25, 0.3) is 0 Å². The van der Waals surface area contributed by atoms with E-state index in [0.29, 0.717) is 0 Å². The molecule has 0 aromatic carbocycles. The summed E-state index contributed by atoms with van der Waals surface area (Å²) in [6.45, 7) is 6.90. The predicted molar refractivity (Wildman–Crippen MR) is 75.7 cm³/mol. The average Bonchev–Trinajstić information content (AvgIpc) is 2.29. The first-order chi connectivity index (χ1) is 7.85. The molecule has 0 aromatic heterocycles. The molecule has 16 heavy (non-hydrogen) atoms. The molecule has 0 unspecified atom stereocenters. The summed E-state index contributed by atoms with van der Waals surface area (Å²) >= 11 is 0. The average molecular weight is 225 g/mol. The minimum absolute atomic E-state index is 1.36. The smallest absolute Gasteiger partial charge is 0.0241 e. The Morgan fingerprint density at radius 1 is 0.500 bits per heavy atom. The minimum atomic E-state index is 1.36. The van der Waals surface area contributed by atoms with Crippen LogP contribution in [0, 0.1) is 5.92 Å². The summed E-state index contributed by atoms with van der Waals surface area (Å²) in [6, 6.07) is 0. The first kappa shape index (κ1) is 16.0. The maximum atomic E-state index is 2.30. The maximum absolute atomic E-state index is 2.30. The summed E-state index contributed by atoms with van der Waals surface area (Å²) in [5.74, 6) is 1.87. The fraction of sp³-hybridized carbons (Fsp3) is 0.938. The van der Waals surface area contributed by atoms with Gasteiger partial charge in [-0.05, 0) is 25.2 Å². The number of hydrogen-bond donors (Lipinski definition) is 0. The highest BCUT2D eigenvalue weighted by molar-refractivity contribution is 4.88. The van der Waals surface area contributed by atoms with Gasteiger partial charge < -0.3 is 0 Å². The van der Waals surface area contributed by atoms with Crippen molar-refractivity contribution in [2.45, 2.75) is 97.8 Å². The normalized spacial score (nSPS) is 11.2. The van der Waals surface area contributed by atoms with Gasteiger partial charge in [0.15, 0.2) is 0 Å². The van der Waals surface area contributed by atoms with Gasteiger partial charge in [-0.3, -0.25) is 0 Å². The second kappa shape index (κ2) is 13.1. The van der Waals surface area contributed by atoms with Crippen LogP contribution in [0.5, 0.6) is 0 Å². The quantitative estimate of drug-likeness (QED) is 0.342. The Hall–Kier alpha value is 0. The molecule has 0 saturated carbocycles. The molecule has 0 saturated heterocycles. The molecule has 0 atom stereocenters. The monoisotopic (exact) mass is 225 g/mol. The highest BCUT2D eigenvalue weighted by Gasteiger charge is 2.08. The van der Waals surface area contributed by atoms with Crippen LogP contribution in [0.25, 0.3) is 0 Å². The van der Waals surface area contributed by atoms with E-state index >= 15 is 0 Å². The third-order valence-electron chi connectivity index (χ3n) is 3.40. The third-order valence-corrected chi connectivity index (χ3v) is 3.40. The van der Waals surface area contributed by atoms with Crippen LogP contribution < -0.4 is 0 Å². The Kier molecular flexibility index (Phi) is 13.1. The molecule has 0 aliphatic heterocycles. The van der Waals surface area contributed by atoms with Crippen LogP contribution >= 0.6 is 0 Å². The van der Waals surface area contributed by atoms with E-state index in [0.717, 1.165) is 0 Å². The fourth-order valence-corrected chi connectivity index (χ4v) is 2.25. The Labute approximate surface area is 104 Å². The second-order valence-electron chi connectivity index (χ2n) is 5.12. The maximum Gasteiger partial charge on any atom is -0.0241 e. The van der Waals surface area contributed by atoms with Crippen LogP contribution in [0.2, 0.25) is 0 Å². The molecule has 0 heterocycles. The SMILES string of the molecule is CCCCC[C](CCCCC)CCCCC. The lowest BCUT2D eigenvalue weighted by Gasteiger charge is -2.15. The summed E-state index contributed by atoms with van der Waals surface area (Å²) in [5, 5.41) is 0. The fourth-order valence-electron chi connectivity index (χ4n) is 2.25. The zero-order chi connectivity index (χ0) is 12.1. The largest absolute Gasteiger partial charge is 0.0654 e. The highest BCUT2D eigenvalue weighted by Crippen LogP contribution is 2.25. The van der Waals surface area contributed by atoms with E-state index in [1.54, 1.807) is 0 Å². The van der Waals surface area contributed by atoms with Crippen molar-refractivity contribution in [3.05, 3.63) is 5.92 Å². The van der Waals surface area contributed by atoms with Crippen molar-refractivity contribution in [1.82, 2.24) is 0 Å². The molecule has 97 valence electrons. The first-order valence-electron chi connectivity index (χ1n) is 7.68. The van der Waals surface area contributed by atoms with Crippen molar-refractivity contribution in [2.24, 2.45) is 0 Å². The Morgan fingerprint density at radius 2 is 0.812 bits per heavy atom. The lowest BCUT2D eigenvalue weighted by atomic mass is 9.90. The van der Waals surface area contributed by atoms with Gasteiger partial charge >= 0.3 is 0 Å². The molecule has 0 rings (SSSR count). The van der Waals surface area contributed by atoms with E-state index in [9.17, 15) is 0 Å². The molecule has 0 bridgehead atoms. The molecule has 0 N–H and O–H groups in total. The second-order valence-corrected chi connectivity index (χ2v) is 5.12. The Morgan fingerprint density at radius 3 is 1.06 bits per heavy atom. The van der Waals surface area contributed by atoms with Gasteiger partial charge in [0.05, 0.1) is 0 Å². The summed E-state index contributed by atoms with van der Waals surface area (Å²) in [5.41, 5.74) is 0. The zero-order valence-corrected chi connectivity index (χ0v) is 12.0. The molecule has 0 aromatic rings. The highest BCUT2D eigenvalue weighted by atomic mass is 14.1. The lowest BCUT2D eigenvalue weighted by molar-refractivity contribution is 0.543. The van der Waals surface area contributed by atoms with Crippen molar-refractivity contribution in [1.29, 1.82) is 0 Å².